The van der Waals surface area contributed by atoms with Gasteiger partial charge >= 0.3 is 5.97 Å². The highest BCUT2D eigenvalue weighted by Gasteiger charge is 2.16. The molecule has 0 aliphatic heterocycles. The molecule has 2 rings (SSSR count). The van der Waals surface area contributed by atoms with Crippen molar-refractivity contribution in [2.45, 2.75) is 20.4 Å². The predicted molar refractivity (Wildman–Crippen MR) is 89.3 cm³/mol. The average molecular weight is 314 g/mol. The number of carbonyl (C=O) groups is 2. The lowest BCUT2D eigenvalue weighted by Gasteiger charge is -2.11. The van der Waals surface area contributed by atoms with Crippen molar-refractivity contribution >= 4 is 11.8 Å². The molecule has 0 bridgehead atoms. The van der Waals surface area contributed by atoms with Crippen LogP contribution in [0.4, 0.5) is 0 Å². The standard InChI is InChI=1S/C18H22N2O3/c1-12-8-16(17(21)11-19(3)4)13(2)20(12)10-14-6-5-7-15(9-14)18(22)23/h5-9H,10-11H2,1-4H3,(H,22,23). The highest BCUT2D eigenvalue weighted by molar-refractivity contribution is 5.99. The first kappa shape index (κ1) is 17.0. The summed E-state index contributed by atoms with van der Waals surface area (Å²) in [7, 11) is 3.74. The van der Waals surface area contributed by atoms with Crippen LogP contribution in [-0.4, -0.2) is 47.0 Å². The third-order valence-electron chi connectivity index (χ3n) is 3.85. The van der Waals surface area contributed by atoms with Crippen molar-refractivity contribution in [1.82, 2.24) is 9.47 Å². The number of likely N-dealkylation sites (N-methyl/N-ethyl adjacent to an activating group) is 1. The number of aromatic carboxylic acids is 1. The number of ketones is 1. The molecule has 1 heterocycles. The van der Waals surface area contributed by atoms with Gasteiger partial charge < -0.3 is 14.6 Å². The molecule has 0 saturated heterocycles. The Kier molecular flexibility index (Phi) is 5.01. The Labute approximate surface area is 136 Å². The fourth-order valence-corrected chi connectivity index (χ4v) is 2.68. The van der Waals surface area contributed by atoms with Gasteiger partial charge in [-0.05, 0) is 51.7 Å². The van der Waals surface area contributed by atoms with Crippen molar-refractivity contribution in [2.24, 2.45) is 0 Å². The number of carbonyl (C=O) groups excluding carboxylic acids is 1. The molecule has 0 aliphatic rings. The molecule has 0 amide bonds. The molecule has 0 aliphatic carbocycles. The van der Waals surface area contributed by atoms with Gasteiger partial charge in [-0.3, -0.25) is 4.79 Å². The number of rotatable bonds is 6. The normalized spacial score (nSPS) is 11.0. The molecule has 0 spiro atoms. The number of hydrogen-bond donors (Lipinski definition) is 1. The van der Waals surface area contributed by atoms with Crippen LogP contribution in [0.2, 0.25) is 0 Å². The number of Topliss-reactive ketones (excluding diaryl/α,β-unsaturated/α-hetero) is 1. The summed E-state index contributed by atoms with van der Waals surface area (Å²) in [5.41, 5.74) is 3.80. The lowest BCUT2D eigenvalue weighted by Crippen LogP contribution is -2.22. The fraction of sp³-hybridized carbons (Fsp3) is 0.333. The Bertz CT molecular complexity index is 745. The average Bonchev–Trinajstić information content (AvgIpc) is 2.75. The zero-order valence-corrected chi connectivity index (χ0v) is 14.0. The van der Waals surface area contributed by atoms with E-state index < -0.39 is 5.97 Å². The first-order valence-corrected chi connectivity index (χ1v) is 7.46. The van der Waals surface area contributed by atoms with E-state index in [0.29, 0.717) is 13.1 Å². The Morgan fingerprint density at radius 1 is 1.17 bits per heavy atom. The smallest absolute Gasteiger partial charge is 0.335 e. The lowest BCUT2D eigenvalue weighted by atomic mass is 10.1. The maximum absolute atomic E-state index is 12.3. The van der Waals surface area contributed by atoms with Gasteiger partial charge in [0.05, 0.1) is 12.1 Å². The molecule has 0 fully saturated rings. The van der Waals surface area contributed by atoms with Crippen LogP contribution in [0.3, 0.4) is 0 Å². The van der Waals surface area contributed by atoms with Gasteiger partial charge in [0.25, 0.3) is 0 Å². The second-order valence-electron chi connectivity index (χ2n) is 6.04. The van der Waals surface area contributed by atoms with Crippen LogP contribution in [-0.2, 0) is 6.54 Å². The minimum Gasteiger partial charge on any atom is -0.478 e. The van der Waals surface area contributed by atoms with E-state index in [0.717, 1.165) is 22.5 Å². The second kappa shape index (κ2) is 6.79. The summed E-state index contributed by atoms with van der Waals surface area (Å²) in [6.07, 6.45) is 0. The molecule has 5 nitrogen and oxygen atoms in total. The molecule has 1 aromatic heterocycles. The summed E-state index contributed by atoms with van der Waals surface area (Å²) < 4.78 is 2.05. The minimum atomic E-state index is -0.936. The Morgan fingerprint density at radius 3 is 2.48 bits per heavy atom. The topological polar surface area (TPSA) is 62.5 Å². The summed E-state index contributed by atoms with van der Waals surface area (Å²) >= 11 is 0. The minimum absolute atomic E-state index is 0.0913. The van der Waals surface area contributed by atoms with Crippen LogP contribution in [0.5, 0.6) is 0 Å². The van der Waals surface area contributed by atoms with Gasteiger partial charge in [0.15, 0.2) is 5.78 Å². The molecule has 1 N–H and O–H groups in total. The molecule has 0 saturated carbocycles. The van der Waals surface area contributed by atoms with Gasteiger partial charge in [0.1, 0.15) is 0 Å². The van der Waals surface area contributed by atoms with Crippen LogP contribution in [0.1, 0.15) is 37.7 Å². The van der Waals surface area contributed by atoms with Crippen molar-refractivity contribution in [1.29, 1.82) is 0 Å². The van der Waals surface area contributed by atoms with E-state index in [1.165, 1.54) is 0 Å². The van der Waals surface area contributed by atoms with Crippen LogP contribution in [0, 0.1) is 13.8 Å². The van der Waals surface area contributed by atoms with Gasteiger partial charge in [-0.1, -0.05) is 12.1 Å². The predicted octanol–water partition coefficient (Wildman–Crippen LogP) is 2.60. The Hall–Kier alpha value is -2.40. The largest absolute Gasteiger partial charge is 0.478 e. The second-order valence-corrected chi connectivity index (χ2v) is 6.04. The molecule has 0 radical (unpaired) electrons. The van der Waals surface area contributed by atoms with Crippen molar-refractivity contribution in [2.75, 3.05) is 20.6 Å². The molecule has 122 valence electrons. The van der Waals surface area contributed by atoms with Crippen molar-refractivity contribution in [3.63, 3.8) is 0 Å². The van der Waals surface area contributed by atoms with Crippen LogP contribution < -0.4 is 0 Å². The van der Waals surface area contributed by atoms with Gasteiger partial charge in [-0.25, -0.2) is 4.79 Å². The Balaban J connectivity index is 2.31. The summed E-state index contributed by atoms with van der Waals surface area (Å²) in [5, 5.41) is 9.09. The maximum Gasteiger partial charge on any atom is 0.335 e. The molecule has 1 aromatic carbocycles. The van der Waals surface area contributed by atoms with Crippen molar-refractivity contribution in [3.8, 4) is 0 Å². The number of benzene rings is 1. The third-order valence-corrected chi connectivity index (χ3v) is 3.85. The number of nitrogens with zero attached hydrogens (tertiary/aromatic N) is 2. The van der Waals surface area contributed by atoms with Gasteiger partial charge in [-0.2, -0.15) is 0 Å². The van der Waals surface area contributed by atoms with Gasteiger partial charge in [0.2, 0.25) is 0 Å². The zero-order valence-electron chi connectivity index (χ0n) is 14.0. The number of hydrogen-bond acceptors (Lipinski definition) is 3. The van der Waals surface area contributed by atoms with Gasteiger partial charge in [0, 0.05) is 23.5 Å². The van der Waals surface area contributed by atoms with E-state index in [2.05, 4.69) is 0 Å². The maximum atomic E-state index is 12.3. The van der Waals surface area contributed by atoms with E-state index in [4.69, 9.17) is 5.11 Å². The molecular formula is C18H22N2O3. The molecule has 5 heteroatoms. The van der Waals surface area contributed by atoms with Crippen molar-refractivity contribution < 1.29 is 14.7 Å². The van der Waals surface area contributed by atoms with Crippen LogP contribution >= 0.6 is 0 Å². The number of carboxylic acid groups (broad SMARTS) is 1. The highest BCUT2D eigenvalue weighted by atomic mass is 16.4. The molecular weight excluding hydrogens is 292 g/mol. The zero-order chi connectivity index (χ0) is 17.1. The summed E-state index contributed by atoms with van der Waals surface area (Å²) in [5.74, 6) is -0.844. The highest BCUT2D eigenvalue weighted by Crippen LogP contribution is 2.18. The van der Waals surface area contributed by atoms with E-state index in [1.54, 1.807) is 18.2 Å². The number of aromatic nitrogens is 1. The van der Waals surface area contributed by atoms with Crippen LogP contribution in [0.25, 0.3) is 0 Å². The molecule has 0 unspecified atom stereocenters. The number of aryl methyl sites for hydroxylation is 1. The Morgan fingerprint density at radius 2 is 1.87 bits per heavy atom. The monoisotopic (exact) mass is 314 g/mol. The first-order chi connectivity index (χ1) is 10.8. The lowest BCUT2D eigenvalue weighted by molar-refractivity contribution is 0.0696. The van der Waals surface area contributed by atoms with E-state index in [9.17, 15) is 9.59 Å². The van der Waals surface area contributed by atoms with E-state index in [-0.39, 0.29) is 11.3 Å². The molecule has 2 aromatic rings. The number of carboxylic acids is 1. The summed E-state index contributed by atoms with van der Waals surface area (Å²) in [6, 6.07) is 8.79. The summed E-state index contributed by atoms with van der Waals surface area (Å²) in [6.45, 7) is 4.81. The molecule has 23 heavy (non-hydrogen) atoms. The summed E-state index contributed by atoms with van der Waals surface area (Å²) in [4.78, 5) is 25.2. The molecule has 0 atom stereocenters. The van der Waals surface area contributed by atoms with Crippen LogP contribution in [0.15, 0.2) is 30.3 Å². The van der Waals surface area contributed by atoms with E-state index >= 15 is 0 Å². The SMILES string of the molecule is Cc1cc(C(=O)CN(C)C)c(C)n1Cc1cccc(C(=O)O)c1. The first-order valence-electron chi connectivity index (χ1n) is 7.46. The van der Waals surface area contributed by atoms with Gasteiger partial charge in [-0.15, -0.1) is 0 Å². The third kappa shape index (κ3) is 3.87. The van der Waals surface area contributed by atoms with Crippen molar-refractivity contribution in [3.05, 3.63) is 58.4 Å². The quantitative estimate of drug-likeness (QED) is 0.833. The van der Waals surface area contributed by atoms with E-state index in [1.807, 2.05) is 49.5 Å². The fourth-order valence-electron chi connectivity index (χ4n) is 2.68.